The molecule has 1 aliphatic rings. The van der Waals surface area contributed by atoms with E-state index >= 15 is 0 Å². The topological polar surface area (TPSA) is 58.1 Å². The van der Waals surface area contributed by atoms with Gasteiger partial charge in [-0.2, -0.15) is 0 Å². The molecule has 2 N–H and O–H groups in total. The lowest BCUT2D eigenvalue weighted by Gasteiger charge is -2.20. The van der Waals surface area contributed by atoms with Crippen LogP contribution in [0, 0.1) is 5.92 Å². The molecule has 1 unspecified atom stereocenters. The highest BCUT2D eigenvalue weighted by atomic mass is 127. The minimum atomic E-state index is 0. The smallest absolute Gasteiger partial charge is 0.190 e. The van der Waals surface area contributed by atoms with Gasteiger partial charge < -0.3 is 25.0 Å². The van der Waals surface area contributed by atoms with Crippen LogP contribution >= 0.6 is 24.0 Å². The summed E-state index contributed by atoms with van der Waals surface area (Å²) in [5, 5.41) is 6.78. The third kappa shape index (κ3) is 7.57. The second-order valence-corrected chi connectivity index (χ2v) is 6.23. The molecule has 6 nitrogen and oxygen atoms in total. The number of aliphatic imine (C=N–C) groups is 1. The Morgan fingerprint density at radius 2 is 2.19 bits per heavy atom. The van der Waals surface area contributed by atoms with Crippen LogP contribution in [-0.4, -0.2) is 59.5 Å². The van der Waals surface area contributed by atoms with Gasteiger partial charge in [-0.05, 0) is 37.8 Å². The van der Waals surface area contributed by atoms with Crippen molar-refractivity contribution in [3.63, 3.8) is 0 Å². The molecule has 148 valence electrons. The molecule has 1 fully saturated rings. The first-order chi connectivity index (χ1) is 12.3. The van der Waals surface area contributed by atoms with Gasteiger partial charge in [0.25, 0.3) is 0 Å². The minimum Gasteiger partial charge on any atom is -0.497 e. The lowest BCUT2D eigenvalue weighted by Crippen LogP contribution is -2.40. The standard InChI is InChI=1S/C19H32N4O2.HI/c1-4-25-12-6-10-21-19(20-2)22-14-16-9-11-23(15-16)17-7-5-8-18(13-17)24-3;/h5,7-8,13,16H,4,6,9-12,14-15H2,1-3H3,(H2,20,21,22);1H. The zero-order valence-corrected chi connectivity index (χ0v) is 18.5. The number of ether oxygens (including phenoxy) is 2. The molecule has 0 radical (unpaired) electrons. The van der Waals surface area contributed by atoms with Crippen LogP contribution in [0.5, 0.6) is 5.75 Å². The molecule has 2 rings (SSSR count). The zero-order valence-electron chi connectivity index (χ0n) is 16.2. The summed E-state index contributed by atoms with van der Waals surface area (Å²) >= 11 is 0. The highest BCUT2D eigenvalue weighted by Gasteiger charge is 2.23. The van der Waals surface area contributed by atoms with Crippen molar-refractivity contribution in [2.45, 2.75) is 19.8 Å². The summed E-state index contributed by atoms with van der Waals surface area (Å²) in [5.41, 5.74) is 1.24. The van der Waals surface area contributed by atoms with Gasteiger partial charge in [-0.25, -0.2) is 0 Å². The molecule has 0 spiro atoms. The molecule has 1 heterocycles. The molecule has 1 aromatic rings. The molecule has 1 aromatic carbocycles. The number of anilines is 1. The van der Waals surface area contributed by atoms with Crippen LogP contribution in [0.25, 0.3) is 0 Å². The summed E-state index contributed by atoms with van der Waals surface area (Å²) in [6, 6.07) is 8.29. The summed E-state index contributed by atoms with van der Waals surface area (Å²) in [4.78, 5) is 6.71. The largest absolute Gasteiger partial charge is 0.497 e. The summed E-state index contributed by atoms with van der Waals surface area (Å²) in [7, 11) is 3.53. The molecule has 0 aliphatic carbocycles. The molecule has 0 amide bonds. The molecule has 0 bridgehead atoms. The average Bonchev–Trinajstić information content (AvgIpc) is 3.13. The average molecular weight is 476 g/mol. The van der Waals surface area contributed by atoms with Gasteiger partial charge in [-0.1, -0.05) is 6.07 Å². The first kappa shape index (κ1) is 22.8. The maximum absolute atomic E-state index is 5.35. The van der Waals surface area contributed by atoms with Crippen molar-refractivity contribution >= 4 is 35.6 Å². The fourth-order valence-corrected chi connectivity index (χ4v) is 3.03. The van der Waals surface area contributed by atoms with Crippen LogP contribution in [0.3, 0.4) is 0 Å². The molecule has 7 heteroatoms. The van der Waals surface area contributed by atoms with Gasteiger partial charge in [0.05, 0.1) is 7.11 Å². The van der Waals surface area contributed by atoms with Gasteiger partial charge in [-0.3, -0.25) is 4.99 Å². The van der Waals surface area contributed by atoms with Crippen molar-refractivity contribution < 1.29 is 9.47 Å². The van der Waals surface area contributed by atoms with Gasteiger partial charge >= 0.3 is 0 Å². The van der Waals surface area contributed by atoms with Crippen LogP contribution < -0.4 is 20.3 Å². The number of nitrogens with one attached hydrogen (secondary N) is 2. The maximum Gasteiger partial charge on any atom is 0.190 e. The predicted octanol–water partition coefficient (Wildman–Crippen LogP) is 2.73. The van der Waals surface area contributed by atoms with Crippen molar-refractivity contribution in [3.05, 3.63) is 24.3 Å². The zero-order chi connectivity index (χ0) is 17.9. The van der Waals surface area contributed by atoms with Crippen LogP contribution in [0.4, 0.5) is 5.69 Å². The number of halogens is 1. The van der Waals surface area contributed by atoms with Crippen molar-refractivity contribution in [1.82, 2.24) is 10.6 Å². The van der Waals surface area contributed by atoms with E-state index < -0.39 is 0 Å². The maximum atomic E-state index is 5.35. The van der Waals surface area contributed by atoms with E-state index in [0.29, 0.717) is 5.92 Å². The summed E-state index contributed by atoms with van der Waals surface area (Å²) in [5.74, 6) is 2.40. The van der Waals surface area contributed by atoms with E-state index in [1.54, 1.807) is 7.11 Å². The molecule has 26 heavy (non-hydrogen) atoms. The van der Waals surface area contributed by atoms with Gasteiger partial charge in [-0.15, -0.1) is 24.0 Å². The number of nitrogens with zero attached hydrogens (tertiary/aromatic N) is 2. The number of methoxy groups -OCH3 is 1. The van der Waals surface area contributed by atoms with Crippen molar-refractivity contribution in [1.29, 1.82) is 0 Å². The summed E-state index contributed by atoms with van der Waals surface area (Å²) in [6.45, 7) is 7.54. The van der Waals surface area contributed by atoms with E-state index in [2.05, 4.69) is 32.7 Å². The Labute approximate surface area is 174 Å². The van der Waals surface area contributed by atoms with Crippen LogP contribution in [0.15, 0.2) is 29.3 Å². The molecule has 1 atom stereocenters. The SMILES string of the molecule is CCOCCCNC(=NC)NCC1CCN(c2cccc(OC)c2)C1.I. The van der Waals surface area contributed by atoms with Crippen molar-refractivity contribution in [2.24, 2.45) is 10.9 Å². The van der Waals surface area contributed by atoms with Crippen molar-refractivity contribution in [2.75, 3.05) is 58.5 Å². The lowest BCUT2D eigenvalue weighted by atomic mass is 10.1. The number of rotatable bonds is 9. The molecule has 1 saturated heterocycles. The summed E-state index contributed by atoms with van der Waals surface area (Å²) < 4.78 is 10.7. The van der Waals surface area contributed by atoms with Crippen LogP contribution in [0.2, 0.25) is 0 Å². The first-order valence-electron chi connectivity index (χ1n) is 9.18. The lowest BCUT2D eigenvalue weighted by molar-refractivity contribution is 0.145. The molecular weight excluding hydrogens is 443 g/mol. The fraction of sp³-hybridized carbons (Fsp3) is 0.632. The molecule has 1 aliphatic heterocycles. The minimum absolute atomic E-state index is 0. The van der Waals surface area contributed by atoms with E-state index in [1.165, 1.54) is 12.1 Å². The highest BCUT2D eigenvalue weighted by molar-refractivity contribution is 14.0. The number of guanidine groups is 1. The normalized spacial score (nSPS) is 17.0. The van der Waals surface area contributed by atoms with Crippen LogP contribution in [-0.2, 0) is 4.74 Å². The molecular formula is C19H33IN4O2. The Hall–Kier alpha value is -1.22. The number of hydrogen-bond acceptors (Lipinski definition) is 4. The highest BCUT2D eigenvalue weighted by Crippen LogP contribution is 2.26. The fourth-order valence-electron chi connectivity index (χ4n) is 3.03. The van der Waals surface area contributed by atoms with E-state index in [1.807, 2.05) is 26.1 Å². The van der Waals surface area contributed by atoms with Gasteiger partial charge in [0.15, 0.2) is 5.96 Å². The number of benzene rings is 1. The second kappa shape index (κ2) is 13.0. The van der Waals surface area contributed by atoms with Gasteiger partial charge in [0.1, 0.15) is 5.75 Å². The van der Waals surface area contributed by atoms with E-state index in [0.717, 1.165) is 57.5 Å². The summed E-state index contributed by atoms with van der Waals surface area (Å²) in [6.07, 6.45) is 2.17. The Morgan fingerprint density at radius 3 is 2.92 bits per heavy atom. The predicted molar refractivity (Wildman–Crippen MR) is 119 cm³/mol. The monoisotopic (exact) mass is 476 g/mol. The Bertz CT molecular complexity index is 542. The van der Waals surface area contributed by atoms with Crippen LogP contribution in [0.1, 0.15) is 19.8 Å². The number of hydrogen-bond donors (Lipinski definition) is 2. The Morgan fingerprint density at radius 1 is 1.35 bits per heavy atom. The third-order valence-electron chi connectivity index (χ3n) is 4.45. The van der Waals surface area contributed by atoms with Crippen molar-refractivity contribution in [3.8, 4) is 5.75 Å². The first-order valence-corrected chi connectivity index (χ1v) is 9.18. The quantitative estimate of drug-likeness (QED) is 0.249. The molecule has 0 aromatic heterocycles. The van der Waals surface area contributed by atoms with E-state index in [9.17, 15) is 0 Å². The Kier molecular flexibility index (Phi) is 11.4. The van der Waals surface area contributed by atoms with Gasteiger partial charge in [0, 0.05) is 58.2 Å². The second-order valence-electron chi connectivity index (χ2n) is 6.23. The van der Waals surface area contributed by atoms with Gasteiger partial charge in [0.2, 0.25) is 0 Å². The Balaban J connectivity index is 0.00000338. The van der Waals surface area contributed by atoms with E-state index in [4.69, 9.17) is 9.47 Å². The third-order valence-corrected chi connectivity index (χ3v) is 4.45. The van der Waals surface area contributed by atoms with E-state index in [-0.39, 0.29) is 24.0 Å². The molecule has 0 saturated carbocycles.